The fourth-order valence-corrected chi connectivity index (χ4v) is 4.30. The third-order valence-electron chi connectivity index (χ3n) is 5.82. The summed E-state index contributed by atoms with van der Waals surface area (Å²) in [5.41, 5.74) is 3.08. The van der Waals surface area contributed by atoms with Crippen LogP contribution >= 0.6 is 0 Å². The molecular weight excluding hydrogens is 366 g/mol. The van der Waals surface area contributed by atoms with E-state index < -0.39 is 0 Å². The van der Waals surface area contributed by atoms with Crippen LogP contribution in [0.15, 0.2) is 29.1 Å². The van der Waals surface area contributed by atoms with E-state index in [0.29, 0.717) is 18.7 Å². The predicted molar refractivity (Wildman–Crippen MR) is 113 cm³/mol. The molecular formula is C22H30N5O2+. The Morgan fingerprint density at radius 1 is 1.07 bits per heavy atom. The first-order valence-electron chi connectivity index (χ1n) is 10.6. The van der Waals surface area contributed by atoms with Crippen molar-refractivity contribution >= 4 is 10.9 Å². The highest BCUT2D eigenvalue weighted by atomic mass is 16.5. The molecule has 0 aliphatic carbocycles. The van der Waals surface area contributed by atoms with Gasteiger partial charge >= 0.3 is 0 Å². The minimum Gasteiger partial charge on any atom is -0.494 e. The van der Waals surface area contributed by atoms with Crippen LogP contribution in [0.3, 0.4) is 0 Å². The molecule has 0 bridgehead atoms. The Labute approximate surface area is 170 Å². The van der Waals surface area contributed by atoms with E-state index in [1.165, 1.54) is 32.4 Å². The van der Waals surface area contributed by atoms with Crippen LogP contribution in [0.25, 0.3) is 16.6 Å². The molecule has 0 radical (unpaired) electrons. The van der Waals surface area contributed by atoms with Crippen LogP contribution in [0.5, 0.6) is 5.75 Å². The van der Waals surface area contributed by atoms with Gasteiger partial charge in [-0.15, -0.1) is 0 Å². The van der Waals surface area contributed by atoms with Crippen molar-refractivity contribution in [2.24, 2.45) is 0 Å². The lowest BCUT2D eigenvalue weighted by Gasteiger charge is -2.23. The van der Waals surface area contributed by atoms with E-state index in [-0.39, 0.29) is 5.56 Å². The fraction of sp³-hybridized carbons (Fsp3) is 0.500. The van der Waals surface area contributed by atoms with Crippen LogP contribution < -0.4 is 15.2 Å². The standard InChI is InChI=1S/C22H29N5O2/c1-4-29-19-10-8-18(9-11-19)27-17(3)20-16(2)23-26(22(28)21(20)24-27)15-14-25-12-6-5-7-13-25/h8-11H,4-7,12-15H2,1-3H3/p+1. The van der Waals surface area contributed by atoms with Crippen LogP contribution in [-0.2, 0) is 6.54 Å². The summed E-state index contributed by atoms with van der Waals surface area (Å²) in [4.78, 5) is 14.7. The van der Waals surface area contributed by atoms with Gasteiger partial charge < -0.3 is 9.64 Å². The summed E-state index contributed by atoms with van der Waals surface area (Å²) >= 11 is 0. The molecule has 7 nitrogen and oxygen atoms in total. The second-order valence-electron chi connectivity index (χ2n) is 7.82. The zero-order valence-electron chi connectivity index (χ0n) is 17.6. The maximum absolute atomic E-state index is 13.1. The Morgan fingerprint density at radius 3 is 2.48 bits per heavy atom. The van der Waals surface area contributed by atoms with Crippen LogP contribution in [0, 0.1) is 13.8 Å². The smallest absolute Gasteiger partial charge is 0.295 e. The van der Waals surface area contributed by atoms with Crippen LogP contribution in [-0.4, -0.2) is 45.8 Å². The molecule has 2 aromatic heterocycles. The Kier molecular flexibility index (Phi) is 5.67. The van der Waals surface area contributed by atoms with Gasteiger partial charge in [0.05, 0.1) is 55.2 Å². The molecule has 154 valence electrons. The van der Waals surface area contributed by atoms with E-state index in [1.54, 1.807) is 9.58 Å². The number of nitrogens with one attached hydrogen (secondary N) is 1. The maximum Gasteiger partial charge on any atom is 0.295 e. The molecule has 0 spiro atoms. The normalized spacial score (nSPS) is 15.1. The number of hydrogen-bond acceptors (Lipinski definition) is 4. The molecule has 1 aliphatic heterocycles. The summed E-state index contributed by atoms with van der Waals surface area (Å²) in [6, 6.07) is 7.78. The van der Waals surface area contributed by atoms with E-state index in [4.69, 9.17) is 4.74 Å². The number of ether oxygens (including phenoxy) is 1. The van der Waals surface area contributed by atoms with Crippen molar-refractivity contribution in [2.45, 2.75) is 46.6 Å². The molecule has 3 heterocycles. The summed E-state index contributed by atoms with van der Waals surface area (Å²) < 4.78 is 8.96. The number of likely N-dealkylation sites (tertiary alicyclic amines) is 1. The average molecular weight is 397 g/mol. The lowest BCUT2D eigenvalue weighted by atomic mass is 10.1. The van der Waals surface area contributed by atoms with Gasteiger partial charge in [0.1, 0.15) is 5.75 Å². The van der Waals surface area contributed by atoms with Crippen LogP contribution in [0.2, 0.25) is 0 Å². The number of nitrogens with zero attached hydrogens (tertiary/aromatic N) is 4. The van der Waals surface area contributed by atoms with Crippen molar-refractivity contribution in [3.63, 3.8) is 0 Å². The largest absolute Gasteiger partial charge is 0.494 e. The minimum atomic E-state index is -0.102. The summed E-state index contributed by atoms with van der Waals surface area (Å²) in [7, 11) is 0. The van der Waals surface area contributed by atoms with Crippen LogP contribution in [0.4, 0.5) is 0 Å². The van der Waals surface area contributed by atoms with Gasteiger partial charge in [0.15, 0.2) is 5.52 Å². The highest BCUT2D eigenvalue weighted by Crippen LogP contribution is 2.22. The molecule has 1 fully saturated rings. The van der Waals surface area contributed by atoms with Gasteiger partial charge in [-0.1, -0.05) is 0 Å². The lowest BCUT2D eigenvalue weighted by molar-refractivity contribution is -0.905. The molecule has 1 aliphatic rings. The first-order chi connectivity index (χ1) is 14.1. The van der Waals surface area contributed by atoms with Crippen molar-refractivity contribution in [1.82, 2.24) is 19.6 Å². The van der Waals surface area contributed by atoms with E-state index in [0.717, 1.165) is 34.8 Å². The molecule has 1 aromatic carbocycles. The summed E-state index contributed by atoms with van der Waals surface area (Å²) in [6.07, 6.45) is 3.89. The van der Waals surface area contributed by atoms with Gasteiger partial charge in [0.25, 0.3) is 5.56 Å². The molecule has 7 heteroatoms. The SMILES string of the molecule is CCOc1ccc(-n2nc3c(=O)n(CC[NH+]4CCCCC4)nc(C)c3c2C)cc1. The topological polar surface area (TPSA) is 66.4 Å². The third kappa shape index (κ3) is 3.92. The Hall–Kier alpha value is -2.67. The molecule has 1 N–H and O–H groups in total. The lowest BCUT2D eigenvalue weighted by Crippen LogP contribution is -3.13. The number of hydrogen-bond donors (Lipinski definition) is 1. The quantitative estimate of drug-likeness (QED) is 0.688. The van der Waals surface area contributed by atoms with Crippen molar-refractivity contribution in [3.8, 4) is 11.4 Å². The number of piperidine rings is 1. The number of rotatable bonds is 6. The number of quaternary nitrogens is 1. The second kappa shape index (κ2) is 8.37. The fourth-order valence-electron chi connectivity index (χ4n) is 4.30. The van der Waals surface area contributed by atoms with E-state index in [1.807, 2.05) is 49.7 Å². The van der Waals surface area contributed by atoms with Crippen molar-refractivity contribution < 1.29 is 9.64 Å². The van der Waals surface area contributed by atoms with Gasteiger partial charge in [0.2, 0.25) is 0 Å². The highest BCUT2D eigenvalue weighted by molar-refractivity contribution is 5.83. The van der Waals surface area contributed by atoms with Gasteiger partial charge in [-0.2, -0.15) is 10.2 Å². The molecule has 0 unspecified atom stereocenters. The number of aryl methyl sites for hydroxylation is 2. The second-order valence-corrected chi connectivity index (χ2v) is 7.82. The molecule has 0 saturated carbocycles. The first kappa shape index (κ1) is 19.6. The van der Waals surface area contributed by atoms with Crippen LogP contribution in [0.1, 0.15) is 37.6 Å². The van der Waals surface area contributed by atoms with Gasteiger partial charge in [-0.25, -0.2) is 9.36 Å². The Balaban J connectivity index is 1.66. The van der Waals surface area contributed by atoms with E-state index in [2.05, 4.69) is 10.2 Å². The molecule has 4 rings (SSSR count). The zero-order valence-corrected chi connectivity index (χ0v) is 17.6. The Morgan fingerprint density at radius 2 is 1.79 bits per heavy atom. The first-order valence-corrected chi connectivity index (χ1v) is 10.6. The number of benzene rings is 1. The maximum atomic E-state index is 13.1. The predicted octanol–water partition coefficient (Wildman–Crippen LogP) is 1.67. The Bertz CT molecular complexity index is 1050. The average Bonchev–Trinajstić information content (AvgIpc) is 3.09. The number of aromatic nitrogens is 4. The third-order valence-corrected chi connectivity index (χ3v) is 5.82. The molecule has 3 aromatic rings. The van der Waals surface area contributed by atoms with E-state index in [9.17, 15) is 4.79 Å². The summed E-state index contributed by atoms with van der Waals surface area (Å²) in [5.74, 6) is 0.825. The van der Waals surface area contributed by atoms with Gasteiger partial charge in [-0.3, -0.25) is 4.79 Å². The molecule has 1 saturated heterocycles. The zero-order chi connectivity index (χ0) is 20.4. The van der Waals surface area contributed by atoms with Crippen molar-refractivity contribution in [3.05, 3.63) is 46.0 Å². The van der Waals surface area contributed by atoms with E-state index >= 15 is 0 Å². The summed E-state index contributed by atoms with van der Waals surface area (Å²) in [6.45, 7) is 10.5. The molecule has 29 heavy (non-hydrogen) atoms. The molecule has 0 amide bonds. The van der Waals surface area contributed by atoms with Crippen molar-refractivity contribution in [1.29, 1.82) is 0 Å². The number of fused-ring (bicyclic) bond motifs is 1. The highest BCUT2D eigenvalue weighted by Gasteiger charge is 2.19. The minimum absolute atomic E-state index is 0.102. The summed E-state index contributed by atoms with van der Waals surface area (Å²) in [5, 5.41) is 10.1. The van der Waals surface area contributed by atoms with Gasteiger partial charge in [-0.05, 0) is 64.3 Å². The van der Waals surface area contributed by atoms with Crippen molar-refractivity contribution in [2.75, 3.05) is 26.2 Å². The van der Waals surface area contributed by atoms with Gasteiger partial charge in [0, 0.05) is 0 Å². The molecule has 0 atom stereocenters. The monoisotopic (exact) mass is 396 g/mol.